The molecular formula is C13H11F4N3O. The second kappa shape index (κ2) is 5.94. The van der Waals surface area contributed by atoms with Gasteiger partial charge >= 0.3 is 18.3 Å². The van der Waals surface area contributed by atoms with Crippen LogP contribution >= 0.6 is 0 Å². The lowest BCUT2D eigenvalue weighted by atomic mass is 10.1. The zero-order chi connectivity index (χ0) is 15.5. The van der Waals surface area contributed by atoms with Gasteiger partial charge in [-0.05, 0) is 17.7 Å². The number of amides is 1. The number of hydrogen-bond acceptors (Lipinski definition) is 2. The van der Waals surface area contributed by atoms with Gasteiger partial charge in [0.2, 0.25) is 0 Å². The van der Waals surface area contributed by atoms with Crippen LogP contribution in [-0.4, -0.2) is 28.0 Å². The zero-order valence-electron chi connectivity index (χ0n) is 10.6. The Hall–Kier alpha value is -2.38. The van der Waals surface area contributed by atoms with Crippen molar-refractivity contribution < 1.29 is 22.4 Å². The molecule has 2 rings (SSSR count). The van der Waals surface area contributed by atoms with Gasteiger partial charge in [-0.15, -0.1) is 0 Å². The van der Waals surface area contributed by atoms with Crippen molar-refractivity contribution in [3.63, 3.8) is 0 Å². The Labute approximate surface area is 117 Å². The molecule has 1 N–H and O–H groups in total. The van der Waals surface area contributed by atoms with Crippen LogP contribution in [0, 0.1) is 0 Å². The van der Waals surface area contributed by atoms with Crippen LogP contribution in [0.2, 0.25) is 0 Å². The molecule has 8 heteroatoms. The Kier molecular flexibility index (Phi) is 4.25. The van der Waals surface area contributed by atoms with Gasteiger partial charge in [0.05, 0.1) is 6.54 Å². The third-order valence-electron chi connectivity index (χ3n) is 2.73. The van der Waals surface area contributed by atoms with Crippen LogP contribution in [0.1, 0.15) is 5.56 Å². The highest BCUT2D eigenvalue weighted by atomic mass is 19.3. The molecule has 1 heterocycles. The molecule has 1 aromatic heterocycles. The SMILES string of the molecule is O=C(Nc1ccccc1Cn1cccn1)C(F)(F)C(F)F. The maximum atomic E-state index is 13.0. The first-order valence-electron chi connectivity index (χ1n) is 5.94. The van der Waals surface area contributed by atoms with Crippen molar-refractivity contribution in [3.05, 3.63) is 48.3 Å². The van der Waals surface area contributed by atoms with E-state index in [1.165, 1.54) is 23.0 Å². The number of anilines is 1. The summed E-state index contributed by atoms with van der Waals surface area (Å²) >= 11 is 0. The molecule has 0 aliphatic carbocycles. The van der Waals surface area contributed by atoms with Crippen LogP contribution in [0.15, 0.2) is 42.7 Å². The highest BCUT2D eigenvalue weighted by Gasteiger charge is 2.49. The Morgan fingerprint density at radius 1 is 1.29 bits per heavy atom. The molecular weight excluding hydrogens is 290 g/mol. The molecule has 1 amide bonds. The highest BCUT2D eigenvalue weighted by Crippen LogP contribution is 2.26. The lowest BCUT2D eigenvalue weighted by Gasteiger charge is -2.16. The van der Waals surface area contributed by atoms with Gasteiger partial charge in [0.25, 0.3) is 0 Å². The summed E-state index contributed by atoms with van der Waals surface area (Å²) in [7, 11) is 0. The first-order chi connectivity index (χ1) is 9.91. The fraction of sp³-hybridized carbons (Fsp3) is 0.231. The topological polar surface area (TPSA) is 46.9 Å². The van der Waals surface area contributed by atoms with E-state index in [0.717, 1.165) is 0 Å². The van der Waals surface area contributed by atoms with E-state index in [-0.39, 0.29) is 12.2 Å². The molecule has 0 saturated heterocycles. The molecule has 0 saturated carbocycles. The summed E-state index contributed by atoms with van der Waals surface area (Å²) in [5, 5.41) is 5.78. The van der Waals surface area contributed by atoms with Gasteiger partial charge in [0.1, 0.15) is 0 Å². The maximum Gasteiger partial charge on any atom is 0.383 e. The molecule has 21 heavy (non-hydrogen) atoms. The molecule has 4 nitrogen and oxygen atoms in total. The number of aromatic nitrogens is 2. The van der Waals surface area contributed by atoms with E-state index >= 15 is 0 Å². The fourth-order valence-corrected chi connectivity index (χ4v) is 1.65. The number of benzene rings is 1. The number of nitrogens with zero attached hydrogens (tertiary/aromatic N) is 2. The van der Waals surface area contributed by atoms with Crippen molar-refractivity contribution in [1.82, 2.24) is 9.78 Å². The smallest absolute Gasteiger partial charge is 0.320 e. The van der Waals surface area contributed by atoms with E-state index < -0.39 is 18.3 Å². The molecule has 0 fully saturated rings. The predicted octanol–water partition coefficient (Wildman–Crippen LogP) is 2.77. The zero-order valence-corrected chi connectivity index (χ0v) is 10.6. The van der Waals surface area contributed by atoms with E-state index in [2.05, 4.69) is 5.10 Å². The van der Waals surface area contributed by atoms with Crippen molar-refractivity contribution in [1.29, 1.82) is 0 Å². The normalized spacial score (nSPS) is 11.7. The molecule has 112 valence electrons. The van der Waals surface area contributed by atoms with E-state index in [1.54, 1.807) is 24.4 Å². The number of carbonyl (C=O) groups excluding carboxylic acids is 1. The average Bonchev–Trinajstić information content (AvgIpc) is 2.93. The van der Waals surface area contributed by atoms with Crippen molar-refractivity contribution in [2.45, 2.75) is 18.9 Å². The predicted molar refractivity (Wildman–Crippen MR) is 67.4 cm³/mol. The molecule has 0 unspecified atom stereocenters. The number of para-hydroxylation sites is 1. The Bertz CT molecular complexity index is 614. The van der Waals surface area contributed by atoms with Gasteiger partial charge in [-0.1, -0.05) is 18.2 Å². The molecule has 0 aliphatic heterocycles. The van der Waals surface area contributed by atoms with Gasteiger partial charge in [-0.2, -0.15) is 13.9 Å². The van der Waals surface area contributed by atoms with Gasteiger partial charge in [-0.25, -0.2) is 8.78 Å². The summed E-state index contributed by atoms with van der Waals surface area (Å²) in [6.45, 7) is 0.212. The van der Waals surface area contributed by atoms with Crippen LogP contribution in [-0.2, 0) is 11.3 Å². The highest BCUT2D eigenvalue weighted by molar-refractivity contribution is 5.97. The van der Waals surface area contributed by atoms with E-state index in [9.17, 15) is 22.4 Å². The van der Waals surface area contributed by atoms with Gasteiger partial charge in [0.15, 0.2) is 0 Å². The second-order valence-corrected chi connectivity index (χ2v) is 4.24. The van der Waals surface area contributed by atoms with E-state index in [4.69, 9.17) is 0 Å². The number of halogens is 4. The lowest BCUT2D eigenvalue weighted by molar-refractivity contribution is -0.163. The van der Waals surface area contributed by atoms with Crippen molar-refractivity contribution >= 4 is 11.6 Å². The standard InChI is InChI=1S/C13H11F4N3O/c14-11(15)13(16,17)12(21)19-10-5-2-1-4-9(10)8-20-7-3-6-18-20/h1-7,11H,8H2,(H,19,21). The van der Waals surface area contributed by atoms with Crippen LogP contribution < -0.4 is 5.32 Å². The third kappa shape index (κ3) is 3.39. The second-order valence-electron chi connectivity index (χ2n) is 4.24. The Morgan fingerprint density at radius 2 is 2.00 bits per heavy atom. The number of hydrogen-bond donors (Lipinski definition) is 1. The fourth-order valence-electron chi connectivity index (χ4n) is 1.65. The minimum absolute atomic E-state index is 0.0401. The van der Waals surface area contributed by atoms with Crippen LogP contribution in [0.4, 0.5) is 23.2 Å². The number of rotatable bonds is 5. The Morgan fingerprint density at radius 3 is 2.62 bits per heavy atom. The lowest BCUT2D eigenvalue weighted by Crippen LogP contribution is -2.41. The summed E-state index contributed by atoms with van der Waals surface area (Å²) in [5.74, 6) is -6.77. The largest absolute Gasteiger partial charge is 0.383 e. The molecule has 0 bridgehead atoms. The maximum absolute atomic E-state index is 13.0. The minimum atomic E-state index is -4.74. The molecule has 0 aliphatic rings. The van der Waals surface area contributed by atoms with E-state index in [1.807, 2.05) is 5.32 Å². The van der Waals surface area contributed by atoms with Gasteiger partial charge < -0.3 is 5.32 Å². The summed E-state index contributed by atoms with van der Waals surface area (Å²) in [6.07, 6.45) is -0.880. The number of carbonyl (C=O) groups is 1. The summed E-state index contributed by atoms with van der Waals surface area (Å²) in [5.41, 5.74) is 0.512. The van der Waals surface area contributed by atoms with Crippen LogP contribution in [0.25, 0.3) is 0 Å². The number of nitrogens with one attached hydrogen (secondary N) is 1. The molecule has 0 radical (unpaired) electrons. The molecule has 2 aromatic rings. The summed E-state index contributed by atoms with van der Waals surface area (Å²) < 4.78 is 51.7. The first-order valence-corrected chi connectivity index (χ1v) is 5.94. The first kappa shape index (κ1) is 15.0. The molecule has 1 aromatic carbocycles. The third-order valence-corrected chi connectivity index (χ3v) is 2.73. The molecule has 0 atom stereocenters. The van der Waals surface area contributed by atoms with Crippen molar-refractivity contribution in [2.24, 2.45) is 0 Å². The van der Waals surface area contributed by atoms with Crippen LogP contribution in [0.5, 0.6) is 0 Å². The molecule has 0 spiro atoms. The van der Waals surface area contributed by atoms with Gasteiger partial charge in [0, 0.05) is 18.1 Å². The van der Waals surface area contributed by atoms with Crippen molar-refractivity contribution in [3.8, 4) is 0 Å². The summed E-state index contributed by atoms with van der Waals surface area (Å²) in [4.78, 5) is 11.3. The van der Waals surface area contributed by atoms with Gasteiger partial charge in [-0.3, -0.25) is 9.48 Å². The number of alkyl halides is 4. The Balaban J connectivity index is 2.19. The van der Waals surface area contributed by atoms with E-state index in [0.29, 0.717) is 5.56 Å². The average molecular weight is 301 g/mol. The van der Waals surface area contributed by atoms with Crippen molar-refractivity contribution in [2.75, 3.05) is 5.32 Å². The minimum Gasteiger partial charge on any atom is -0.320 e. The quantitative estimate of drug-likeness (QED) is 0.863. The monoisotopic (exact) mass is 301 g/mol. The summed E-state index contributed by atoms with van der Waals surface area (Å²) in [6, 6.07) is 7.75. The van der Waals surface area contributed by atoms with Crippen LogP contribution in [0.3, 0.4) is 0 Å².